The third-order valence-electron chi connectivity index (χ3n) is 4.87. The van der Waals surface area contributed by atoms with Crippen LogP contribution in [0, 0.1) is 10.1 Å². The van der Waals surface area contributed by atoms with Gasteiger partial charge in [-0.3, -0.25) is 14.9 Å². The smallest absolute Gasteiger partial charge is 0.331 e. The van der Waals surface area contributed by atoms with Gasteiger partial charge in [-0.05, 0) is 44.7 Å². The standard InChI is InChI=1S/C18H23N3O5/c1-2-26-17(23)18(9-3-4-10-18)20-16(22)12-5-8-14(19-13-6-7-13)15(11-12)21(24)25/h5,8,11,13,19H,2-4,6-7,9-10H2,1H3,(H,20,22). The maximum Gasteiger partial charge on any atom is 0.331 e. The molecule has 2 aliphatic carbocycles. The zero-order valence-corrected chi connectivity index (χ0v) is 14.7. The minimum absolute atomic E-state index is 0.138. The Kier molecular flexibility index (Phi) is 5.11. The maximum atomic E-state index is 12.7. The van der Waals surface area contributed by atoms with Crippen LogP contribution in [0.1, 0.15) is 55.8 Å². The number of nitrogens with one attached hydrogen (secondary N) is 2. The van der Waals surface area contributed by atoms with Crippen molar-refractivity contribution < 1.29 is 19.2 Å². The highest BCUT2D eigenvalue weighted by Gasteiger charge is 2.44. The number of amides is 1. The van der Waals surface area contributed by atoms with Gasteiger partial charge in [-0.15, -0.1) is 0 Å². The summed E-state index contributed by atoms with van der Waals surface area (Å²) < 4.78 is 5.13. The molecule has 2 aliphatic rings. The molecule has 1 aromatic rings. The van der Waals surface area contributed by atoms with E-state index in [1.54, 1.807) is 19.1 Å². The Morgan fingerprint density at radius 3 is 2.58 bits per heavy atom. The van der Waals surface area contributed by atoms with Crippen molar-refractivity contribution in [2.24, 2.45) is 0 Å². The monoisotopic (exact) mass is 361 g/mol. The van der Waals surface area contributed by atoms with E-state index >= 15 is 0 Å². The quantitative estimate of drug-likeness (QED) is 0.439. The van der Waals surface area contributed by atoms with Gasteiger partial charge in [-0.1, -0.05) is 12.8 Å². The number of esters is 1. The molecule has 0 unspecified atom stereocenters. The third-order valence-corrected chi connectivity index (χ3v) is 4.87. The van der Waals surface area contributed by atoms with E-state index in [0.29, 0.717) is 18.5 Å². The number of hydrogen-bond acceptors (Lipinski definition) is 6. The number of nitrogens with zero attached hydrogens (tertiary/aromatic N) is 1. The van der Waals surface area contributed by atoms with Gasteiger partial charge in [-0.2, -0.15) is 0 Å². The highest BCUT2D eigenvalue weighted by Crippen LogP contribution is 2.33. The van der Waals surface area contributed by atoms with Crippen LogP contribution in [0.3, 0.4) is 0 Å². The largest absolute Gasteiger partial charge is 0.464 e. The molecule has 0 bridgehead atoms. The van der Waals surface area contributed by atoms with Gasteiger partial charge < -0.3 is 15.4 Å². The zero-order chi connectivity index (χ0) is 18.7. The summed E-state index contributed by atoms with van der Waals surface area (Å²) in [6.07, 6.45) is 4.65. The highest BCUT2D eigenvalue weighted by molar-refractivity contribution is 5.99. The van der Waals surface area contributed by atoms with Crippen molar-refractivity contribution in [2.75, 3.05) is 11.9 Å². The molecule has 0 atom stereocenters. The third kappa shape index (κ3) is 3.79. The van der Waals surface area contributed by atoms with Gasteiger partial charge in [0.1, 0.15) is 11.2 Å². The lowest BCUT2D eigenvalue weighted by Gasteiger charge is -2.27. The minimum atomic E-state index is -1.03. The molecule has 8 heteroatoms. The van der Waals surface area contributed by atoms with Crippen molar-refractivity contribution >= 4 is 23.3 Å². The predicted octanol–water partition coefficient (Wildman–Crippen LogP) is 2.77. The fourth-order valence-electron chi connectivity index (χ4n) is 3.31. The number of rotatable bonds is 7. The molecule has 0 heterocycles. The summed E-state index contributed by atoms with van der Waals surface area (Å²) in [5.74, 6) is -0.937. The summed E-state index contributed by atoms with van der Waals surface area (Å²) in [6, 6.07) is 4.62. The molecule has 1 amide bonds. The van der Waals surface area contributed by atoms with Crippen LogP contribution in [0.4, 0.5) is 11.4 Å². The molecule has 2 N–H and O–H groups in total. The summed E-state index contributed by atoms with van der Waals surface area (Å²) in [6.45, 7) is 1.96. The molecule has 2 saturated carbocycles. The molecule has 0 saturated heterocycles. The second-order valence-corrected chi connectivity index (χ2v) is 6.87. The zero-order valence-electron chi connectivity index (χ0n) is 14.7. The molecule has 0 aromatic heterocycles. The normalized spacial score (nSPS) is 18.2. The second kappa shape index (κ2) is 7.31. The van der Waals surface area contributed by atoms with Crippen LogP contribution in [0.25, 0.3) is 0 Å². The Morgan fingerprint density at radius 1 is 1.31 bits per heavy atom. The Bertz CT molecular complexity index is 724. The van der Waals surface area contributed by atoms with E-state index in [9.17, 15) is 19.7 Å². The SMILES string of the molecule is CCOC(=O)C1(NC(=O)c2ccc(NC3CC3)c([N+](=O)[O-])c2)CCCC1. The van der Waals surface area contributed by atoms with Gasteiger partial charge >= 0.3 is 5.97 Å². The van der Waals surface area contributed by atoms with Gasteiger partial charge in [-0.25, -0.2) is 4.79 Å². The summed E-state index contributed by atoms with van der Waals surface area (Å²) in [5.41, 5.74) is -0.600. The highest BCUT2D eigenvalue weighted by atomic mass is 16.6. The van der Waals surface area contributed by atoms with E-state index in [-0.39, 0.29) is 23.9 Å². The molecule has 1 aromatic carbocycles. The Morgan fingerprint density at radius 2 is 2.00 bits per heavy atom. The molecular formula is C18H23N3O5. The molecule has 0 radical (unpaired) electrons. The number of nitro groups is 1. The van der Waals surface area contributed by atoms with Crippen molar-refractivity contribution in [3.63, 3.8) is 0 Å². The van der Waals surface area contributed by atoms with E-state index < -0.39 is 22.3 Å². The average molecular weight is 361 g/mol. The first-order valence-corrected chi connectivity index (χ1v) is 9.00. The number of benzene rings is 1. The number of ether oxygens (including phenoxy) is 1. The average Bonchev–Trinajstić information content (AvgIpc) is 3.30. The lowest BCUT2D eigenvalue weighted by atomic mass is 9.97. The maximum absolute atomic E-state index is 12.7. The van der Waals surface area contributed by atoms with Crippen LogP contribution in [0.2, 0.25) is 0 Å². The van der Waals surface area contributed by atoms with Crippen LogP contribution in [-0.4, -0.2) is 35.0 Å². The molecule has 2 fully saturated rings. The van der Waals surface area contributed by atoms with Gasteiger partial charge in [0.2, 0.25) is 0 Å². The lowest BCUT2D eigenvalue weighted by Crippen LogP contribution is -2.53. The van der Waals surface area contributed by atoms with Gasteiger partial charge in [0.25, 0.3) is 11.6 Å². The Labute approximate surface area is 151 Å². The number of nitro benzene ring substituents is 1. The van der Waals surface area contributed by atoms with Crippen LogP contribution >= 0.6 is 0 Å². The number of hydrogen-bond donors (Lipinski definition) is 2. The minimum Gasteiger partial charge on any atom is -0.464 e. The Hall–Kier alpha value is -2.64. The summed E-state index contributed by atoms with van der Waals surface area (Å²) in [4.78, 5) is 35.9. The van der Waals surface area contributed by atoms with Crippen LogP contribution in [-0.2, 0) is 9.53 Å². The van der Waals surface area contributed by atoms with Crippen molar-refractivity contribution in [1.82, 2.24) is 5.32 Å². The second-order valence-electron chi connectivity index (χ2n) is 6.87. The summed E-state index contributed by atoms with van der Waals surface area (Å²) >= 11 is 0. The molecule has 26 heavy (non-hydrogen) atoms. The predicted molar refractivity (Wildman–Crippen MR) is 95.0 cm³/mol. The number of anilines is 1. The molecule has 0 spiro atoms. The molecule has 8 nitrogen and oxygen atoms in total. The van der Waals surface area contributed by atoms with Gasteiger partial charge in [0.15, 0.2) is 0 Å². The van der Waals surface area contributed by atoms with Crippen molar-refractivity contribution in [3.05, 3.63) is 33.9 Å². The van der Waals surface area contributed by atoms with Gasteiger partial charge in [0.05, 0.1) is 11.5 Å². The van der Waals surface area contributed by atoms with E-state index in [1.165, 1.54) is 6.07 Å². The van der Waals surface area contributed by atoms with Crippen molar-refractivity contribution in [3.8, 4) is 0 Å². The first-order chi connectivity index (χ1) is 12.4. The van der Waals surface area contributed by atoms with E-state index in [2.05, 4.69) is 10.6 Å². The van der Waals surface area contributed by atoms with Crippen LogP contribution < -0.4 is 10.6 Å². The van der Waals surface area contributed by atoms with Crippen molar-refractivity contribution in [2.45, 2.75) is 57.0 Å². The number of carbonyl (C=O) groups excluding carboxylic acids is 2. The summed E-state index contributed by atoms with van der Waals surface area (Å²) in [7, 11) is 0. The first kappa shape index (κ1) is 18.2. The topological polar surface area (TPSA) is 111 Å². The van der Waals surface area contributed by atoms with E-state index in [0.717, 1.165) is 25.7 Å². The lowest BCUT2D eigenvalue weighted by molar-refractivity contribution is -0.384. The molecule has 3 rings (SSSR count). The molecule has 140 valence electrons. The molecule has 0 aliphatic heterocycles. The van der Waals surface area contributed by atoms with E-state index in [1.807, 2.05) is 0 Å². The van der Waals surface area contributed by atoms with Gasteiger partial charge in [0, 0.05) is 17.7 Å². The molecular weight excluding hydrogens is 338 g/mol. The first-order valence-electron chi connectivity index (χ1n) is 9.00. The number of carbonyl (C=O) groups is 2. The van der Waals surface area contributed by atoms with Crippen molar-refractivity contribution in [1.29, 1.82) is 0 Å². The Balaban J connectivity index is 1.81. The van der Waals surface area contributed by atoms with Crippen LogP contribution in [0.5, 0.6) is 0 Å². The van der Waals surface area contributed by atoms with Crippen LogP contribution in [0.15, 0.2) is 18.2 Å². The fraction of sp³-hybridized carbons (Fsp3) is 0.556. The fourth-order valence-corrected chi connectivity index (χ4v) is 3.31. The van der Waals surface area contributed by atoms with E-state index in [4.69, 9.17) is 4.74 Å². The summed E-state index contributed by atoms with van der Waals surface area (Å²) in [5, 5.41) is 17.2.